The smallest absolute Gasteiger partial charge is 0.224 e. The highest BCUT2D eigenvalue weighted by atomic mass is 16.9. The van der Waals surface area contributed by atoms with Crippen molar-refractivity contribution in [1.29, 1.82) is 0 Å². The zero-order valence-corrected chi connectivity index (χ0v) is 11.1. The van der Waals surface area contributed by atoms with Gasteiger partial charge < -0.3 is 28.8 Å². The first kappa shape index (κ1) is 12.8. The molecule has 0 aromatic heterocycles. The summed E-state index contributed by atoms with van der Waals surface area (Å²) in [5, 5.41) is 10.5. The maximum atomic E-state index is 10.5. The quantitative estimate of drug-likeness (QED) is 0.679. The van der Waals surface area contributed by atoms with E-state index in [2.05, 4.69) is 0 Å². The van der Waals surface area contributed by atoms with Gasteiger partial charge in [0.1, 0.15) is 24.9 Å². The Morgan fingerprint density at radius 2 is 1.72 bits per heavy atom. The van der Waals surface area contributed by atoms with Crippen LogP contribution in [-0.2, 0) is 23.7 Å². The van der Waals surface area contributed by atoms with Gasteiger partial charge in [-0.05, 0) is 27.7 Å². The van der Waals surface area contributed by atoms with E-state index in [9.17, 15) is 5.11 Å². The molecule has 1 N–H and O–H groups in total. The van der Waals surface area contributed by atoms with Crippen molar-refractivity contribution in [2.75, 3.05) is 13.2 Å². The average molecular weight is 260 g/mol. The normalized spacial score (nSPS) is 49.5. The summed E-state index contributed by atoms with van der Waals surface area (Å²) < 4.78 is 28.3. The zero-order valence-electron chi connectivity index (χ0n) is 11.1. The molecule has 104 valence electrons. The van der Waals surface area contributed by atoms with Crippen molar-refractivity contribution in [3.63, 3.8) is 0 Å². The van der Waals surface area contributed by atoms with Crippen LogP contribution in [0.5, 0.6) is 0 Å². The number of fused-ring (bicyclic) bond motifs is 1. The second-order valence-corrected chi connectivity index (χ2v) is 6.00. The van der Waals surface area contributed by atoms with Gasteiger partial charge in [0.2, 0.25) is 5.79 Å². The minimum Gasteiger partial charge on any atom is -0.385 e. The number of hydrogen-bond acceptors (Lipinski definition) is 6. The minimum atomic E-state index is -1.14. The van der Waals surface area contributed by atoms with Crippen molar-refractivity contribution in [2.24, 2.45) is 0 Å². The SMILES string of the molecule is CC1(C)OC2COC3(COC(C)(C)O3)C(O)C2O1. The van der Waals surface area contributed by atoms with Gasteiger partial charge in [-0.3, -0.25) is 0 Å². The summed E-state index contributed by atoms with van der Waals surface area (Å²) in [5.74, 6) is -2.61. The van der Waals surface area contributed by atoms with E-state index in [-0.39, 0.29) is 12.7 Å². The third-order valence-corrected chi connectivity index (χ3v) is 3.51. The lowest BCUT2D eigenvalue weighted by atomic mass is 9.97. The van der Waals surface area contributed by atoms with Gasteiger partial charge in [0.15, 0.2) is 11.6 Å². The van der Waals surface area contributed by atoms with Crippen LogP contribution in [-0.4, -0.2) is 54.0 Å². The van der Waals surface area contributed by atoms with Crippen molar-refractivity contribution in [3.8, 4) is 0 Å². The highest BCUT2D eigenvalue weighted by Gasteiger charge is 2.62. The molecule has 3 aliphatic heterocycles. The lowest BCUT2D eigenvalue weighted by molar-refractivity contribution is -0.326. The van der Waals surface area contributed by atoms with Crippen molar-refractivity contribution in [1.82, 2.24) is 0 Å². The number of ether oxygens (including phenoxy) is 5. The predicted molar refractivity (Wildman–Crippen MR) is 59.6 cm³/mol. The fraction of sp³-hybridized carbons (Fsp3) is 1.00. The molecule has 0 aromatic rings. The Morgan fingerprint density at radius 3 is 2.33 bits per heavy atom. The molecule has 0 saturated carbocycles. The lowest BCUT2D eigenvalue weighted by Gasteiger charge is -2.41. The van der Waals surface area contributed by atoms with Gasteiger partial charge in [-0.2, -0.15) is 0 Å². The summed E-state index contributed by atoms with van der Waals surface area (Å²) in [6, 6.07) is 0. The van der Waals surface area contributed by atoms with Crippen molar-refractivity contribution < 1.29 is 28.8 Å². The molecule has 6 heteroatoms. The molecule has 1 spiro atoms. The Kier molecular flexibility index (Phi) is 2.59. The maximum absolute atomic E-state index is 10.5. The standard InChI is InChI=1S/C12H20O6/c1-10(2)15-6-12(18-10)9(13)8-7(5-14-12)16-11(3,4)17-8/h7-9,13H,5-6H2,1-4H3. The van der Waals surface area contributed by atoms with Gasteiger partial charge >= 0.3 is 0 Å². The summed E-state index contributed by atoms with van der Waals surface area (Å²) >= 11 is 0. The van der Waals surface area contributed by atoms with E-state index < -0.39 is 29.6 Å². The van der Waals surface area contributed by atoms with Crippen molar-refractivity contribution >= 4 is 0 Å². The third kappa shape index (κ3) is 1.88. The maximum Gasteiger partial charge on any atom is 0.224 e. The number of aliphatic hydroxyl groups is 1. The molecule has 3 fully saturated rings. The molecular weight excluding hydrogens is 240 g/mol. The Hall–Kier alpha value is -0.240. The van der Waals surface area contributed by atoms with Gasteiger partial charge in [-0.25, -0.2) is 0 Å². The topological polar surface area (TPSA) is 66.4 Å². The Morgan fingerprint density at radius 1 is 1.00 bits per heavy atom. The van der Waals surface area contributed by atoms with E-state index in [1.165, 1.54) is 0 Å². The molecule has 0 aromatic carbocycles. The number of rotatable bonds is 0. The summed E-state index contributed by atoms with van der Waals surface area (Å²) in [4.78, 5) is 0. The lowest BCUT2D eigenvalue weighted by Crippen LogP contribution is -2.61. The van der Waals surface area contributed by atoms with Crippen LogP contribution in [0.3, 0.4) is 0 Å². The van der Waals surface area contributed by atoms with Crippen LogP contribution < -0.4 is 0 Å². The van der Waals surface area contributed by atoms with Gasteiger partial charge in [0, 0.05) is 0 Å². The largest absolute Gasteiger partial charge is 0.385 e. The highest BCUT2D eigenvalue weighted by molar-refractivity contribution is 5.00. The second kappa shape index (κ2) is 3.65. The highest BCUT2D eigenvalue weighted by Crippen LogP contribution is 2.43. The van der Waals surface area contributed by atoms with Crippen LogP contribution in [0, 0.1) is 0 Å². The summed E-state index contributed by atoms with van der Waals surface area (Å²) in [6.45, 7) is 7.74. The fourth-order valence-electron chi connectivity index (χ4n) is 2.78. The molecule has 3 heterocycles. The summed E-state index contributed by atoms with van der Waals surface area (Å²) in [7, 11) is 0. The molecule has 0 amide bonds. The van der Waals surface area contributed by atoms with E-state index in [0.29, 0.717) is 6.61 Å². The van der Waals surface area contributed by atoms with Crippen molar-refractivity contribution in [3.05, 3.63) is 0 Å². The monoisotopic (exact) mass is 260 g/mol. The van der Waals surface area contributed by atoms with Gasteiger partial charge in [-0.15, -0.1) is 0 Å². The molecule has 18 heavy (non-hydrogen) atoms. The Bertz CT molecular complexity index is 352. The number of aliphatic hydroxyl groups excluding tert-OH is 1. The first-order chi connectivity index (χ1) is 8.23. The van der Waals surface area contributed by atoms with E-state index in [4.69, 9.17) is 23.7 Å². The van der Waals surface area contributed by atoms with Crippen LogP contribution in [0.25, 0.3) is 0 Å². The first-order valence-corrected chi connectivity index (χ1v) is 6.25. The molecular formula is C12H20O6. The van der Waals surface area contributed by atoms with Crippen molar-refractivity contribution in [2.45, 2.75) is 63.4 Å². The van der Waals surface area contributed by atoms with Crippen LogP contribution in [0.4, 0.5) is 0 Å². The molecule has 3 saturated heterocycles. The fourth-order valence-corrected chi connectivity index (χ4v) is 2.78. The van der Waals surface area contributed by atoms with Crippen LogP contribution >= 0.6 is 0 Å². The predicted octanol–water partition coefficient (Wildman–Crippen LogP) is 0.377. The van der Waals surface area contributed by atoms with Gasteiger partial charge in [-0.1, -0.05) is 0 Å². The Balaban J connectivity index is 1.82. The summed E-state index contributed by atoms with van der Waals surface area (Å²) in [6.07, 6.45) is -1.65. The van der Waals surface area contributed by atoms with E-state index in [1.54, 1.807) is 13.8 Å². The molecule has 4 unspecified atom stereocenters. The third-order valence-electron chi connectivity index (χ3n) is 3.51. The molecule has 0 bridgehead atoms. The number of hydrogen-bond donors (Lipinski definition) is 1. The van der Waals surface area contributed by atoms with E-state index >= 15 is 0 Å². The van der Waals surface area contributed by atoms with Gasteiger partial charge in [0.05, 0.1) is 6.61 Å². The molecule has 0 aliphatic carbocycles. The van der Waals surface area contributed by atoms with E-state index in [1.807, 2.05) is 13.8 Å². The first-order valence-electron chi connectivity index (χ1n) is 6.25. The average Bonchev–Trinajstić information content (AvgIpc) is 2.71. The minimum absolute atomic E-state index is 0.189. The van der Waals surface area contributed by atoms with Crippen LogP contribution in [0.2, 0.25) is 0 Å². The second-order valence-electron chi connectivity index (χ2n) is 6.00. The zero-order chi connectivity index (χ0) is 13.2. The van der Waals surface area contributed by atoms with Crippen LogP contribution in [0.15, 0.2) is 0 Å². The molecule has 3 rings (SSSR count). The Labute approximate surface area is 106 Å². The summed E-state index contributed by atoms with van der Waals surface area (Å²) in [5.41, 5.74) is 0. The molecule has 0 radical (unpaired) electrons. The molecule has 4 atom stereocenters. The van der Waals surface area contributed by atoms with Crippen LogP contribution in [0.1, 0.15) is 27.7 Å². The molecule has 3 aliphatic rings. The molecule has 6 nitrogen and oxygen atoms in total. The van der Waals surface area contributed by atoms with E-state index in [0.717, 1.165) is 0 Å². The van der Waals surface area contributed by atoms with Gasteiger partial charge in [0.25, 0.3) is 0 Å².